The fourth-order valence-electron chi connectivity index (χ4n) is 1.64. The first-order valence-corrected chi connectivity index (χ1v) is 5.41. The number of benzene rings is 2. The summed E-state index contributed by atoms with van der Waals surface area (Å²) in [5.41, 5.74) is 0.292. The topological polar surface area (TPSA) is 46.5 Å². The van der Waals surface area contributed by atoms with Gasteiger partial charge in [0.25, 0.3) is 0 Å². The second-order valence-corrected chi connectivity index (χ2v) is 4.09. The Labute approximate surface area is 101 Å². The summed E-state index contributed by atoms with van der Waals surface area (Å²) < 4.78 is 5.93. The largest absolute Gasteiger partial charge is 0.507 e. The third-order valence-corrected chi connectivity index (χ3v) is 3.27. The van der Waals surface area contributed by atoms with Crippen LogP contribution in [0, 0.1) is 0 Å². The van der Waals surface area contributed by atoms with Crippen LogP contribution in [0.25, 0.3) is 10.8 Å². The van der Waals surface area contributed by atoms with Crippen LogP contribution >= 0.6 is 15.9 Å². The number of ether oxygens (including phenoxy) is 1. The lowest BCUT2D eigenvalue weighted by Crippen LogP contribution is -1.89. The van der Waals surface area contributed by atoms with Crippen molar-refractivity contribution in [2.24, 2.45) is 0 Å². The van der Waals surface area contributed by atoms with Gasteiger partial charge in [-0.25, -0.2) is 0 Å². The number of carbonyl (C=O) groups is 1. The van der Waals surface area contributed by atoms with Crippen molar-refractivity contribution >= 4 is 33.0 Å². The highest BCUT2D eigenvalue weighted by molar-refractivity contribution is 9.10. The summed E-state index contributed by atoms with van der Waals surface area (Å²) in [7, 11) is 1.58. The molecule has 1 N–H and O–H groups in total. The van der Waals surface area contributed by atoms with E-state index in [0.29, 0.717) is 23.0 Å². The number of hydrogen-bond donors (Lipinski definition) is 1. The zero-order valence-electron chi connectivity index (χ0n) is 8.53. The van der Waals surface area contributed by atoms with E-state index in [1.807, 2.05) is 0 Å². The molecule has 0 saturated carbocycles. The Balaban J connectivity index is 2.88. The van der Waals surface area contributed by atoms with E-state index in [1.165, 1.54) is 6.07 Å². The molecule has 2 rings (SSSR count). The van der Waals surface area contributed by atoms with Crippen LogP contribution in [0.1, 0.15) is 10.4 Å². The summed E-state index contributed by atoms with van der Waals surface area (Å²) in [4.78, 5) is 10.9. The highest BCUT2D eigenvalue weighted by Crippen LogP contribution is 2.36. The van der Waals surface area contributed by atoms with Crippen molar-refractivity contribution in [3.8, 4) is 11.5 Å². The SMILES string of the molecule is COc1ccc2c(C=O)c(O)ccc2c1Br. The van der Waals surface area contributed by atoms with Crippen molar-refractivity contribution in [2.45, 2.75) is 0 Å². The molecule has 0 fully saturated rings. The van der Waals surface area contributed by atoms with Gasteiger partial charge in [-0.3, -0.25) is 4.79 Å². The van der Waals surface area contributed by atoms with Crippen molar-refractivity contribution in [3.05, 3.63) is 34.3 Å². The molecule has 0 aliphatic heterocycles. The first kappa shape index (κ1) is 11.0. The molecule has 2 aromatic rings. The number of rotatable bonds is 2. The minimum Gasteiger partial charge on any atom is -0.507 e. The molecular weight excluding hydrogens is 272 g/mol. The highest BCUT2D eigenvalue weighted by atomic mass is 79.9. The van der Waals surface area contributed by atoms with E-state index in [4.69, 9.17) is 4.74 Å². The Morgan fingerprint density at radius 3 is 2.56 bits per heavy atom. The fraction of sp³-hybridized carbons (Fsp3) is 0.0833. The molecular formula is C12H9BrO3. The van der Waals surface area contributed by atoms with Gasteiger partial charge in [-0.05, 0) is 45.6 Å². The van der Waals surface area contributed by atoms with Crippen molar-refractivity contribution in [1.82, 2.24) is 0 Å². The van der Waals surface area contributed by atoms with Crippen LogP contribution in [0.2, 0.25) is 0 Å². The molecule has 0 saturated heterocycles. The van der Waals surface area contributed by atoms with E-state index in [2.05, 4.69) is 15.9 Å². The number of halogens is 1. The summed E-state index contributed by atoms with van der Waals surface area (Å²) in [6.45, 7) is 0. The first-order valence-electron chi connectivity index (χ1n) is 4.62. The van der Waals surface area contributed by atoms with Crippen LogP contribution in [0.3, 0.4) is 0 Å². The summed E-state index contributed by atoms with van der Waals surface area (Å²) in [5, 5.41) is 11.1. The lowest BCUT2D eigenvalue weighted by molar-refractivity contribution is 0.112. The van der Waals surface area contributed by atoms with E-state index < -0.39 is 0 Å². The quantitative estimate of drug-likeness (QED) is 0.860. The van der Waals surface area contributed by atoms with Crippen LogP contribution in [-0.4, -0.2) is 18.5 Å². The van der Waals surface area contributed by atoms with Gasteiger partial charge >= 0.3 is 0 Å². The molecule has 0 atom stereocenters. The highest BCUT2D eigenvalue weighted by Gasteiger charge is 2.11. The lowest BCUT2D eigenvalue weighted by Gasteiger charge is -2.09. The molecule has 4 heteroatoms. The zero-order valence-corrected chi connectivity index (χ0v) is 10.1. The van der Waals surface area contributed by atoms with E-state index in [0.717, 1.165) is 9.86 Å². The van der Waals surface area contributed by atoms with Crippen LogP contribution in [0.15, 0.2) is 28.7 Å². The van der Waals surface area contributed by atoms with E-state index >= 15 is 0 Å². The number of aromatic hydroxyl groups is 1. The minimum atomic E-state index is -0.0143. The summed E-state index contributed by atoms with van der Waals surface area (Å²) in [6, 6.07) is 6.74. The van der Waals surface area contributed by atoms with Crippen LogP contribution in [0.4, 0.5) is 0 Å². The average Bonchev–Trinajstić information content (AvgIpc) is 2.29. The molecule has 16 heavy (non-hydrogen) atoms. The number of hydrogen-bond acceptors (Lipinski definition) is 3. The van der Waals surface area contributed by atoms with Crippen molar-refractivity contribution in [3.63, 3.8) is 0 Å². The van der Waals surface area contributed by atoms with Gasteiger partial charge < -0.3 is 9.84 Å². The second kappa shape index (κ2) is 4.14. The molecule has 2 aromatic carbocycles. The van der Waals surface area contributed by atoms with Crippen molar-refractivity contribution in [1.29, 1.82) is 0 Å². The fourth-order valence-corrected chi connectivity index (χ4v) is 2.28. The number of aldehydes is 1. The Morgan fingerprint density at radius 2 is 1.94 bits per heavy atom. The average molecular weight is 281 g/mol. The molecule has 0 aromatic heterocycles. The third-order valence-electron chi connectivity index (χ3n) is 2.46. The first-order chi connectivity index (χ1) is 7.69. The maximum atomic E-state index is 10.9. The second-order valence-electron chi connectivity index (χ2n) is 3.29. The van der Waals surface area contributed by atoms with Gasteiger partial charge in [0.05, 0.1) is 17.1 Å². The van der Waals surface area contributed by atoms with Crippen LogP contribution in [0.5, 0.6) is 11.5 Å². The smallest absolute Gasteiger partial charge is 0.154 e. The Hall–Kier alpha value is -1.55. The molecule has 0 amide bonds. The maximum absolute atomic E-state index is 10.9. The number of phenolic OH excluding ortho intramolecular Hbond substituents is 1. The predicted molar refractivity (Wildman–Crippen MR) is 65.3 cm³/mol. The van der Waals surface area contributed by atoms with Crippen molar-refractivity contribution in [2.75, 3.05) is 7.11 Å². The Morgan fingerprint density at radius 1 is 1.25 bits per heavy atom. The summed E-state index contributed by atoms with van der Waals surface area (Å²) >= 11 is 3.41. The van der Waals surface area contributed by atoms with Gasteiger partial charge in [0, 0.05) is 5.39 Å². The maximum Gasteiger partial charge on any atom is 0.154 e. The number of phenols is 1. The number of methoxy groups -OCH3 is 1. The monoisotopic (exact) mass is 280 g/mol. The van der Waals surface area contributed by atoms with Crippen LogP contribution < -0.4 is 4.74 Å². The van der Waals surface area contributed by atoms with Gasteiger partial charge in [0.2, 0.25) is 0 Å². The van der Waals surface area contributed by atoms with Gasteiger partial charge in [-0.1, -0.05) is 0 Å². The van der Waals surface area contributed by atoms with E-state index in [-0.39, 0.29) is 5.75 Å². The molecule has 0 radical (unpaired) electrons. The van der Waals surface area contributed by atoms with Crippen LogP contribution in [-0.2, 0) is 0 Å². The minimum absolute atomic E-state index is 0.0143. The molecule has 0 aliphatic carbocycles. The molecule has 0 aliphatic rings. The van der Waals surface area contributed by atoms with Gasteiger partial charge in [0.1, 0.15) is 11.5 Å². The number of carbonyl (C=O) groups excluding carboxylic acids is 1. The third kappa shape index (κ3) is 1.55. The van der Waals surface area contributed by atoms with E-state index in [1.54, 1.807) is 25.3 Å². The van der Waals surface area contributed by atoms with Crippen molar-refractivity contribution < 1.29 is 14.6 Å². The van der Waals surface area contributed by atoms with Gasteiger partial charge in [-0.15, -0.1) is 0 Å². The molecule has 0 bridgehead atoms. The molecule has 0 unspecified atom stereocenters. The van der Waals surface area contributed by atoms with E-state index in [9.17, 15) is 9.90 Å². The predicted octanol–water partition coefficient (Wildman–Crippen LogP) is 3.13. The van der Waals surface area contributed by atoms with Gasteiger partial charge in [-0.2, -0.15) is 0 Å². The molecule has 0 heterocycles. The Bertz CT molecular complexity index is 564. The molecule has 0 spiro atoms. The standard InChI is InChI=1S/C12H9BrO3/c1-16-11-5-3-7-8(12(11)13)2-4-10(15)9(7)6-14/h2-6,15H,1H3. The summed E-state index contributed by atoms with van der Waals surface area (Å²) in [5.74, 6) is 0.676. The zero-order chi connectivity index (χ0) is 11.7. The lowest BCUT2D eigenvalue weighted by atomic mass is 10.0. The normalized spacial score (nSPS) is 10.4. The molecule has 82 valence electrons. The van der Waals surface area contributed by atoms with Gasteiger partial charge in [0.15, 0.2) is 6.29 Å². The molecule has 3 nitrogen and oxygen atoms in total. The number of fused-ring (bicyclic) bond motifs is 1. The Kier molecular flexibility index (Phi) is 2.83. The summed E-state index contributed by atoms with van der Waals surface area (Å²) in [6.07, 6.45) is 0.649.